The topological polar surface area (TPSA) is 281 Å². The molecule has 2 aliphatic heterocycles. The lowest BCUT2D eigenvalue weighted by Crippen LogP contribution is -2.67. The number of aliphatic carboxylic acids is 1. The highest BCUT2D eigenvalue weighted by Gasteiger charge is 2.53. The number of carboxylic acid groups (broad SMARTS) is 1. The Kier molecular flexibility index (Phi) is 19.6. The van der Waals surface area contributed by atoms with Crippen LogP contribution < -0.4 is 16.0 Å². The summed E-state index contributed by atoms with van der Waals surface area (Å²) in [5.74, 6) is -3.64. The number of carbonyl (C=O) groups is 4. The average molecular weight is 848 g/mol. The van der Waals surface area contributed by atoms with E-state index in [0.717, 1.165) is 32.1 Å². The molecular weight excluding hydrogens is 778 g/mol. The molecule has 0 aromatic rings. The van der Waals surface area contributed by atoms with Crippen LogP contribution in [0, 0.1) is 23.7 Å². The number of methoxy groups -OCH3 is 1. The third-order valence-electron chi connectivity index (χ3n) is 12.3. The number of amides is 3. The first kappa shape index (κ1) is 49.1. The summed E-state index contributed by atoms with van der Waals surface area (Å²) in [4.78, 5) is 51.5. The van der Waals surface area contributed by atoms with Crippen molar-refractivity contribution in [3.8, 4) is 0 Å². The largest absolute Gasteiger partial charge is 0.479 e. The minimum atomic E-state index is -1.66. The highest BCUT2D eigenvalue weighted by Crippen LogP contribution is 2.40. The zero-order valence-corrected chi connectivity index (χ0v) is 35.0. The molecule has 0 spiro atoms. The monoisotopic (exact) mass is 847 g/mol. The minimum Gasteiger partial charge on any atom is -0.479 e. The third-order valence-corrected chi connectivity index (χ3v) is 12.3. The maximum absolute atomic E-state index is 13.7. The Morgan fingerprint density at radius 2 is 1.56 bits per heavy atom. The Hall–Kier alpha value is -2.56. The van der Waals surface area contributed by atoms with Crippen LogP contribution in [0.1, 0.15) is 91.9 Å². The molecule has 2 saturated heterocycles. The van der Waals surface area contributed by atoms with Crippen molar-refractivity contribution in [2.45, 2.75) is 172 Å². The molecule has 0 bridgehead atoms. The van der Waals surface area contributed by atoms with E-state index in [4.69, 9.17) is 28.4 Å². The summed E-state index contributed by atoms with van der Waals surface area (Å²) in [6, 6.07) is -1.31. The fraction of sp³-hybridized carbons (Fsp3) is 0.900. The predicted octanol–water partition coefficient (Wildman–Crippen LogP) is -0.683. The van der Waals surface area contributed by atoms with Crippen molar-refractivity contribution in [2.24, 2.45) is 23.7 Å². The maximum Gasteiger partial charge on any atom is 0.332 e. The Bertz CT molecular complexity index is 1340. The van der Waals surface area contributed by atoms with Crippen molar-refractivity contribution >= 4 is 23.7 Å². The Morgan fingerprint density at radius 1 is 0.864 bits per heavy atom. The number of carbonyl (C=O) groups excluding carboxylic acids is 3. The lowest BCUT2D eigenvalue weighted by atomic mass is 9.75. The van der Waals surface area contributed by atoms with Crippen LogP contribution in [0.4, 0.5) is 0 Å². The number of ether oxygens (including phenoxy) is 6. The van der Waals surface area contributed by atoms with Crippen LogP contribution in [-0.2, 0) is 47.6 Å². The molecule has 16 atom stereocenters. The molecule has 9 N–H and O–H groups in total. The summed E-state index contributed by atoms with van der Waals surface area (Å²) in [6.45, 7) is 6.42. The van der Waals surface area contributed by atoms with Crippen molar-refractivity contribution in [1.29, 1.82) is 0 Å². The molecule has 19 nitrogen and oxygen atoms in total. The molecule has 4 fully saturated rings. The number of hydrogen-bond donors (Lipinski definition) is 9. The highest BCUT2D eigenvalue weighted by molar-refractivity contribution is 5.80. The van der Waals surface area contributed by atoms with Crippen molar-refractivity contribution < 1.29 is 78.2 Å². The van der Waals surface area contributed by atoms with Gasteiger partial charge in [0.2, 0.25) is 17.7 Å². The van der Waals surface area contributed by atoms with Crippen molar-refractivity contribution in [3.63, 3.8) is 0 Å². The zero-order chi connectivity index (χ0) is 43.4. The van der Waals surface area contributed by atoms with Gasteiger partial charge in [-0.05, 0) is 44.4 Å². The molecule has 0 aromatic carbocycles. The molecule has 19 heteroatoms. The van der Waals surface area contributed by atoms with E-state index in [0.29, 0.717) is 25.9 Å². The van der Waals surface area contributed by atoms with Gasteiger partial charge in [0, 0.05) is 45.6 Å². The molecule has 0 aromatic heterocycles. The molecule has 340 valence electrons. The lowest BCUT2D eigenvalue weighted by Gasteiger charge is -2.49. The van der Waals surface area contributed by atoms with Gasteiger partial charge in [-0.2, -0.15) is 0 Å². The van der Waals surface area contributed by atoms with Crippen molar-refractivity contribution in [2.75, 3.05) is 33.4 Å². The lowest BCUT2D eigenvalue weighted by molar-refractivity contribution is -0.338. The second kappa shape index (κ2) is 23.6. The third kappa shape index (κ3) is 13.5. The SMILES string of the molecule is CCC1CC(C(=O)NCCNC(=O)C(C)CCOC)C[C@@H](O[C@@H]2OC(CO)[C@H](O)C(O[C@@H](CC3CCCCC3)C(=O)O)C2NC(C)=O)C1OC1O[C@@H](C)C(O)C(O)[C@@H]1O. The highest BCUT2D eigenvalue weighted by atomic mass is 16.7. The maximum atomic E-state index is 13.7. The van der Waals surface area contributed by atoms with Gasteiger partial charge in [-0.25, -0.2) is 4.79 Å². The van der Waals surface area contributed by atoms with Gasteiger partial charge in [0.25, 0.3) is 0 Å². The number of carboxylic acids is 1. The van der Waals surface area contributed by atoms with E-state index in [-0.39, 0.29) is 49.6 Å². The van der Waals surface area contributed by atoms with Gasteiger partial charge in [0.1, 0.15) is 42.7 Å². The summed E-state index contributed by atoms with van der Waals surface area (Å²) >= 11 is 0. The first-order valence-corrected chi connectivity index (χ1v) is 21.2. The molecule has 2 aliphatic carbocycles. The van der Waals surface area contributed by atoms with E-state index >= 15 is 0 Å². The van der Waals surface area contributed by atoms with Crippen LogP contribution in [0.25, 0.3) is 0 Å². The molecule has 2 saturated carbocycles. The van der Waals surface area contributed by atoms with E-state index in [1.54, 1.807) is 14.0 Å². The Morgan fingerprint density at radius 3 is 2.19 bits per heavy atom. The van der Waals surface area contributed by atoms with Crippen molar-refractivity contribution in [3.05, 3.63) is 0 Å². The summed E-state index contributed by atoms with van der Waals surface area (Å²) in [6.07, 6.45) is -10.1. The van der Waals surface area contributed by atoms with E-state index in [1.165, 1.54) is 13.8 Å². The second-order valence-corrected chi connectivity index (χ2v) is 16.7. The number of hydrogen-bond acceptors (Lipinski definition) is 15. The van der Waals surface area contributed by atoms with Gasteiger partial charge in [0.05, 0.1) is 24.9 Å². The van der Waals surface area contributed by atoms with Gasteiger partial charge >= 0.3 is 5.97 Å². The van der Waals surface area contributed by atoms with Crippen LogP contribution in [0.3, 0.4) is 0 Å². The smallest absolute Gasteiger partial charge is 0.332 e. The van der Waals surface area contributed by atoms with E-state index in [9.17, 15) is 49.8 Å². The van der Waals surface area contributed by atoms with Crippen LogP contribution in [0.15, 0.2) is 0 Å². The zero-order valence-electron chi connectivity index (χ0n) is 35.0. The number of aliphatic hydroxyl groups excluding tert-OH is 5. The van der Waals surface area contributed by atoms with Crippen LogP contribution in [-0.4, -0.2) is 167 Å². The van der Waals surface area contributed by atoms with Gasteiger partial charge < -0.3 is 75.0 Å². The Balaban J connectivity index is 1.61. The quantitative estimate of drug-likeness (QED) is 0.0687. The minimum absolute atomic E-state index is 0.000903. The number of rotatable bonds is 20. The Labute approximate surface area is 346 Å². The molecule has 4 rings (SSSR count). The van der Waals surface area contributed by atoms with Crippen LogP contribution >= 0.6 is 0 Å². The standard InChI is InChI=1S/C40H69N3O16/c1-6-24-17-25(37(51)42-14-13-41-36(50)20(2)12-15-54-5)18-26(34(24)59-40-33(49)32(48)30(46)21(3)55-40)57-39-29(43-22(4)45)35(31(47)28(19-44)58-39)56-27(38(52)53)16-23-10-8-7-9-11-23/h20-21,23-35,39-40,44,46-49H,6-19H2,1-5H3,(H,41,50)(H,42,51)(H,43,45)(H,52,53)/t20?,21-,24?,25?,26+,27-,28?,29?,30?,31-,32?,33-,34?,35?,39+,40?/m0/s1. The van der Waals surface area contributed by atoms with E-state index in [2.05, 4.69) is 16.0 Å². The van der Waals surface area contributed by atoms with Gasteiger partial charge in [0.15, 0.2) is 18.7 Å². The summed E-state index contributed by atoms with van der Waals surface area (Å²) in [5, 5.41) is 72.3. The second-order valence-electron chi connectivity index (χ2n) is 16.7. The first-order chi connectivity index (χ1) is 28.1. The number of nitrogens with one attached hydrogen (secondary N) is 3. The molecule has 4 aliphatic rings. The fourth-order valence-electron chi connectivity index (χ4n) is 8.69. The van der Waals surface area contributed by atoms with E-state index < -0.39 is 110 Å². The molecule has 3 amide bonds. The van der Waals surface area contributed by atoms with Crippen LogP contribution in [0.5, 0.6) is 0 Å². The fourth-order valence-corrected chi connectivity index (χ4v) is 8.69. The van der Waals surface area contributed by atoms with Gasteiger partial charge in [-0.15, -0.1) is 0 Å². The van der Waals surface area contributed by atoms with Crippen molar-refractivity contribution in [1.82, 2.24) is 16.0 Å². The summed E-state index contributed by atoms with van der Waals surface area (Å²) in [5.41, 5.74) is 0. The number of aliphatic hydroxyl groups is 5. The predicted molar refractivity (Wildman–Crippen MR) is 207 cm³/mol. The van der Waals surface area contributed by atoms with E-state index in [1.807, 2.05) is 6.92 Å². The average Bonchev–Trinajstić information content (AvgIpc) is 3.21. The molecule has 2 heterocycles. The van der Waals surface area contributed by atoms with Gasteiger partial charge in [-0.1, -0.05) is 52.4 Å². The normalized spacial score (nSPS) is 36.6. The summed E-state index contributed by atoms with van der Waals surface area (Å²) < 4.78 is 36.1. The molecule has 10 unspecified atom stereocenters. The van der Waals surface area contributed by atoms with Crippen LogP contribution in [0.2, 0.25) is 0 Å². The molecule has 0 radical (unpaired) electrons. The first-order valence-electron chi connectivity index (χ1n) is 21.2. The molecular formula is C40H69N3O16. The van der Waals surface area contributed by atoms with Gasteiger partial charge in [-0.3, -0.25) is 14.4 Å². The molecule has 59 heavy (non-hydrogen) atoms. The summed E-state index contributed by atoms with van der Waals surface area (Å²) in [7, 11) is 1.56.